The Kier molecular flexibility index (Phi) is 5.64. The van der Waals surface area contributed by atoms with Gasteiger partial charge in [-0.1, -0.05) is 47.6 Å². The van der Waals surface area contributed by atoms with E-state index in [1.165, 1.54) is 11.8 Å². The predicted molar refractivity (Wildman–Crippen MR) is 105 cm³/mol. The molecule has 1 N–H and O–H groups in total. The van der Waals surface area contributed by atoms with Gasteiger partial charge >= 0.3 is 0 Å². The minimum absolute atomic E-state index is 0.156. The molecule has 0 aliphatic heterocycles. The molecule has 134 valence electrons. The molecule has 3 aromatic rings. The number of thioether (sulfide) groups is 1. The van der Waals surface area contributed by atoms with Crippen LogP contribution in [0.1, 0.15) is 18.1 Å². The Morgan fingerprint density at radius 2 is 1.92 bits per heavy atom. The smallest absolute Gasteiger partial charge is 0.277 e. The lowest BCUT2D eigenvalue weighted by atomic mass is 10.1. The van der Waals surface area contributed by atoms with Crippen molar-refractivity contribution in [2.24, 2.45) is 0 Å². The van der Waals surface area contributed by atoms with Gasteiger partial charge in [-0.3, -0.25) is 4.79 Å². The number of rotatable bonds is 5. The molecule has 2 aromatic carbocycles. The Labute approximate surface area is 161 Å². The summed E-state index contributed by atoms with van der Waals surface area (Å²) < 4.78 is 5.70. The molecule has 3 rings (SSSR count). The highest BCUT2D eigenvalue weighted by Gasteiger charge is 2.20. The number of halogens is 1. The van der Waals surface area contributed by atoms with Crippen LogP contribution >= 0.6 is 23.4 Å². The predicted octanol–water partition coefficient (Wildman–Crippen LogP) is 5.13. The normalized spacial score (nSPS) is 12.0. The number of hydrogen-bond donors (Lipinski definition) is 1. The molecular weight excluding hydrogens is 370 g/mol. The first kappa shape index (κ1) is 18.5. The van der Waals surface area contributed by atoms with Crippen molar-refractivity contribution >= 4 is 35.0 Å². The Bertz CT molecular complexity index is 942. The molecule has 1 amide bonds. The van der Waals surface area contributed by atoms with Crippen LogP contribution in [0.15, 0.2) is 52.1 Å². The molecule has 0 fully saturated rings. The third-order valence-electron chi connectivity index (χ3n) is 3.89. The van der Waals surface area contributed by atoms with Crippen molar-refractivity contribution in [3.8, 4) is 11.5 Å². The van der Waals surface area contributed by atoms with E-state index < -0.39 is 5.25 Å². The first-order valence-corrected chi connectivity index (χ1v) is 9.33. The van der Waals surface area contributed by atoms with Gasteiger partial charge in [0.2, 0.25) is 11.8 Å². The topological polar surface area (TPSA) is 68.0 Å². The summed E-state index contributed by atoms with van der Waals surface area (Å²) in [6.07, 6.45) is 0. The summed E-state index contributed by atoms with van der Waals surface area (Å²) in [6, 6.07) is 13.2. The number of carbonyl (C=O) groups is 1. The number of aryl methyl sites for hydroxylation is 2. The molecule has 0 aliphatic rings. The minimum atomic E-state index is -0.404. The van der Waals surface area contributed by atoms with Gasteiger partial charge in [0, 0.05) is 16.3 Å². The molecule has 5 nitrogen and oxygen atoms in total. The zero-order chi connectivity index (χ0) is 18.7. The van der Waals surface area contributed by atoms with E-state index in [1.807, 2.05) is 44.2 Å². The van der Waals surface area contributed by atoms with Crippen LogP contribution in [0, 0.1) is 13.8 Å². The third kappa shape index (κ3) is 4.26. The summed E-state index contributed by atoms with van der Waals surface area (Å²) >= 11 is 7.21. The fraction of sp³-hybridized carbons (Fsp3) is 0.211. The number of amides is 1. The second-order valence-electron chi connectivity index (χ2n) is 5.90. The van der Waals surface area contributed by atoms with Crippen molar-refractivity contribution in [3.63, 3.8) is 0 Å². The third-order valence-corrected chi connectivity index (χ3v) is 5.06. The number of aromatic nitrogens is 2. The highest BCUT2D eigenvalue weighted by atomic mass is 35.5. The molecule has 0 aliphatic carbocycles. The van der Waals surface area contributed by atoms with E-state index in [1.54, 1.807) is 19.1 Å². The van der Waals surface area contributed by atoms with Gasteiger partial charge in [0.05, 0.1) is 5.25 Å². The fourth-order valence-corrected chi connectivity index (χ4v) is 3.20. The summed E-state index contributed by atoms with van der Waals surface area (Å²) in [5.74, 6) is 0.292. The number of nitrogens with zero attached hydrogens (tertiary/aromatic N) is 2. The van der Waals surface area contributed by atoms with E-state index >= 15 is 0 Å². The minimum Gasteiger partial charge on any atom is -0.411 e. The number of nitrogens with one attached hydrogen (secondary N) is 1. The average Bonchev–Trinajstić information content (AvgIpc) is 3.06. The van der Waals surface area contributed by atoms with Crippen molar-refractivity contribution in [2.45, 2.75) is 31.2 Å². The molecule has 1 atom stereocenters. The van der Waals surface area contributed by atoms with E-state index in [0.29, 0.717) is 21.8 Å². The van der Waals surface area contributed by atoms with Crippen molar-refractivity contribution in [2.75, 3.05) is 5.32 Å². The van der Waals surface area contributed by atoms with Gasteiger partial charge in [-0.15, -0.1) is 10.2 Å². The first-order chi connectivity index (χ1) is 12.4. The molecule has 1 heterocycles. The Balaban J connectivity index is 1.68. The van der Waals surface area contributed by atoms with Gasteiger partial charge in [0.1, 0.15) is 0 Å². The van der Waals surface area contributed by atoms with Crippen LogP contribution in [0.5, 0.6) is 0 Å². The van der Waals surface area contributed by atoms with Crippen molar-refractivity contribution < 1.29 is 9.21 Å². The van der Waals surface area contributed by atoms with Crippen LogP contribution in [0.3, 0.4) is 0 Å². The summed E-state index contributed by atoms with van der Waals surface area (Å²) in [5.41, 5.74) is 3.58. The average molecular weight is 388 g/mol. The Morgan fingerprint density at radius 3 is 2.69 bits per heavy atom. The van der Waals surface area contributed by atoms with Crippen LogP contribution in [0.2, 0.25) is 5.02 Å². The SMILES string of the molecule is Cc1ccc(Cl)cc1NC(=O)[C@@H](C)Sc1nnc(-c2ccccc2C)o1. The second kappa shape index (κ2) is 7.93. The summed E-state index contributed by atoms with van der Waals surface area (Å²) in [6.45, 7) is 5.68. The largest absolute Gasteiger partial charge is 0.411 e. The van der Waals surface area contributed by atoms with Gasteiger partial charge in [0.15, 0.2) is 0 Å². The zero-order valence-electron chi connectivity index (χ0n) is 14.6. The van der Waals surface area contributed by atoms with Crippen LogP contribution < -0.4 is 5.32 Å². The van der Waals surface area contributed by atoms with Gasteiger partial charge < -0.3 is 9.73 Å². The van der Waals surface area contributed by atoms with E-state index in [4.69, 9.17) is 16.0 Å². The van der Waals surface area contributed by atoms with Gasteiger partial charge in [-0.2, -0.15) is 0 Å². The zero-order valence-corrected chi connectivity index (χ0v) is 16.2. The van der Waals surface area contributed by atoms with Crippen LogP contribution in [0.25, 0.3) is 11.5 Å². The summed E-state index contributed by atoms with van der Waals surface area (Å²) in [4.78, 5) is 12.4. The maximum absolute atomic E-state index is 12.4. The van der Waals surface area contributed by atoms with Gasteiger partial charge in [0.25, 0.3) is 5.22 Å². The van der Waals surface area contributed by atoms with Crippen LogP contribution in [-0.2, 0) is 4.79 Å². The van der Waals surface area contributed by atoms with Gasteiger partial charge in [-0.25, -0.2) is 0 Å². The molecule has 26 heavy (non-hydrogen) atoms. The maximum atomic E-state index is 12.4. The van der Waals surface area contributed by atoms with E-state index in [9.17, 15) is 4.79 Å². The number of anilines is 1. The van der Waals surface area contributed by atoms with Crippen molar-refractivity contribution in [1.82, 2.24) is 10.2 Å². The quantitative estimate of drug-likeness (QED) is 0.615. The summed E-state index contributed by atoms with van der Waals surface area (Å²) in [5, 5.41) is 11.5. The molecule has 0 bridgehead atoms. The molecule has 0 saturated heterocycles. The molecule has 0 saturated carbocycles. The van der Waals surface area contributed by atoms with E-state index in [2.05, 4.69) is 15.5 Å². The fourth-order valence-electron chi connectivity index (χ4n) is 2.35. The Morgan fingerprint density at radius 1 is 1.15 bits per heavy atom. The second-order valence-corrected chi connectivity index (χ2v) is 7.63. The lowest BCUT2D eigenvalue weighted by Crippen LogP contribution is -2.22. The van der Waals surface area contributed by atoms with E-state index in [0.717, 1.165) is 16.7 Å². The molecule has 7 heteroatoms. The molecule has 0 radical (unpaired) electrons. The van der Waals surface area contributed by atoms with Crippen molar-refractivity contribution in [1.29, 1.82) is 0 Å². The van der Waals surface area contributed by atoms with Gasteiger partial charge in [-0.05, 0) is 50.1 Å². The van der Waals surface area contributed by atoms with Crippen molar-refractivity contribution in [3.05, 3.63) is 58.6 Å². The molecule has 0 unspecified atom stereocenters. The highest BCUT2D eigenvalue weighted by Crippen LogP contribution is 2.28. The monoisotopic (exact) mass is 387 g/mol. The lowest BCUT2D eigenvalue weighted by Gasteiger charge is -2.12. The highest BCUT2D eigenvalue weighted by molar-refractivity contribution is 8.00. The lowest BCUT2D eigenvalue weighted by molar-refractivity contribution is -0.115. The van der Waals surface area contributed by atoms with Crippen LogP contribution in [-0.4, -0.2) is 21.4 Å². The molecular formula is C19H18ClN3O2S. The van der Waals surface area contributed by atoms with E-state index in [-0.39, 0.29) is 5.91 Å². The maximum Gasteiger partial charge on any atom is 0.277 e. The standard InChI is InChI=1S/C19H18ClN3O2S/c1-11-6-4-5-7-15(11)18-22-23-19(25-18)26-13(3)17(24)21-16-10-14(20)9-8-12(16)2/h4-10,13H,1-3H3,(H,21,24)/t13-/m1/s1. The van der Waals surface area contributed by atoms with Crippen LogP contribution in [0.4, 0.5) is 5.69 Å². The molecule has 1 aromatic heterocycles. The number of benzene rings is 2. The Hall–Kier alpha value is -2.31. The first-order valence-electron chi connectivity index (χ1n) is 8.07. The number of carbonyl (C=O) groups excluding carboxylic acids is 1. The summed E-state index contributed by atoms with van der Waals surface area (Å²) in [7, 11) is 0. The number of hydrogen-bond acceptors (Lipinski definition) is 5. The molecule has 0 spiro atoms.